The maximum absolute atomic E-state index is 12.2. The summed E-state index contributed by atoms with van der Waals surface area (Å²) in [6.07, 6.45) is 1.48. The predicted molar refractivity (Wildman–Crippen MR) is 93.1 cm³/mol. The van der Waals surface area contributed by atoms with Crippen LogP contribution in [-0.2, 0) is 9.53 Å². The molecule has 1 aromatic rings. The van der Waals surface area contributed by atoms with Crippen LogP contribution in [0.4, 0.5) is 0 Å². The molecular weight excluding hydrogens is 322 g/mol. The average molecular weight is 345 g/mol. The molecule has 0 aromatic heterocycles. The Kier molecular flexibility index (Phi) is 7.26. The summed E-state index contributed by atoms with van der Waals surface area (Å²) < 4.78 is 10.6. The van der Waals surface area contributed by atoms with Crippen LogP contribution in [0.25, 0.3) is 6.08 Å². The fourth-order valence-corrected chi connectivity index (χ4v) is 2.45. The average Bonchev–Trinajstić information content (AvgIpc) is 2.63. The zero-order valence-electron chi connectivity index (χ0n) is 14.3. The summed E-state index contributed by atoms with van der Waals surface area (Å²) in [5.41, 5.74) is 0.622. The van der Waals surface area contributed by atoms with Crippen LogP contribution in [0.15, 0.2) is 23.8 Å². The van der Waals surface area contributed by atoms with Crippen molar-refractivity contribution in [2.45, 2.75) is 6.92 Å². The van der Waals surface area contributed by atoms with Gasteiger partial charge in [0.15, 0.2) is 11.5 Å². The Labute approximate surface area is 147 Å². The topological polar surface area (TPSA) is 94.8 Å². The van der Waals surface area contributed by atoms with Gasteiger partial charge in [-0.15, -0.1) is 0 Å². The molecular formula is C18H23N3O4. The molecule has 0 saturated carbocycles. The minimum absolute atomic E-state index is 0.00937. The van der Waals surface area contributed by atoms with Gasteiger partial charge in [-0.25, -0.2) is 0 Å². The maximum Gasteiger partial charge on any atom is 0.261 e. The minimum atomic E-state index is -0.415. The third-order valence-electron chi connectivity index (χ3n) is 3.78. The van der Waals surface area contributed by atoms with E-state index in [1.165, 1.54) is 12.1 Å². The zero-order chi connectivity index (χ0) is 18.1. The van der Waals surface area contributed by atoms with Crippen LogP contribution in [0.5, 0.6) is 11.5 Å². The highest BCUT2D eigenvalue weighted by Gasteiger charge is 2.12. The fourth-order valence-electron chi connectivity index (χ4n) is 2.45. The number of carbonyl (C=O) groups is 1. The molecule has 0 aliphatic carbocycles. The number of benzene rings is 1. The lowest BCUT2D eigenvalue weighted by Gasteiger charge is -2.26. The van der Waals surface area contributed by atoms with Crippen LogP contribution < -0.4 is 10.1 Å². The molecule has 0 bridgehead atoms. The van der Waals surface area contributed by atoms with Crippen LogP contribution in [-0.4, -0.2) is 61.9 Å². The van der Waals surface area contributed by atoms with E-state index in [9.17, 15) is 15.2 Å². The molecule has 134 valence electrons. The molecule has 0 unspecified atom stereocenters. The van der Waals surface area contributed by atoms with Crippen molar-refractivity contribution >= 4 is 12.0 Å². The molecule has 2 N–H and O–H groups in total. The van der Waals surface area contributed by atoms with E-state index in [0.717, 1.165) is 19.6 Å². The fraction of sp³-hybridized carbons (Fsp3) is 0.444. The summed E-state index contributed by atoms with van der Waals surface area (Å²) in [6, 6.07) is 6.61. The van der Waals surface area contributed by atoms with E-state index >= 15 is 0 Å². The Bertz CT molecular complexity index is 661. The largest absolute Gasteiger partial charge is 0.504 e. The third kappa shape index (κ3) is 5.78. The number of rotatable bonds is 7. The molecule has 1 heterocycles. The lowest BCUT2D eigenvalue weighted by Crippen LogP contribution is -2.41. The summed E-state index contributed by atoms with van der Waals surface area (Å²) >= 11 is 0. The molecule has 1 aliphatic heterocycles. The van der Waals surface area contributed by atoms with Gasteiger partial charge in [-0.05, 0) is 30.7 Å². The predicted octanol–water partition coefficient (Wildman–Crippen LogP) is 1.15. The van der Waals surface area contributed by atoms with E-state index in [-0.39, 0.29) is 11.3 Å². The highest BCUT2D eigenvalue weighted by Crippen LogP contribution is 2.27. The van der Waals surface area contributed by atoms with E-state index in [1.54, 1.807) is 12.1 Å². The van der Waals surface area contributed by atoms with Crippen molar-refractivity contribution in [2.24, 2.45) is 0 Å². The second kappa shape index (κ2) is 9.67. The van der Waals surface area contributed by atoms with Crippen LogP contribution >= 0.6 is 0 Å². The van der Waals surface area contributed by atoms with Gasteiger partial charge in [-0.2, -0.15) is 5.26 Å². The first kappa shape index (κ1) is 18.8. The quantitative estimate of drug-likeness (QED) is 0.569. The van der Waals surface area contributed by atoms with Crippen molar-refractivity contribution in [3.8, 4) is 17.6 Å². The van der Waals surface area contributed by atoms with Gasteiger partial charge in [0.05, 0.1) is 19.8 Å². The molecule has 25 heavy (non-hydrogen) atoms. The van der Waals surface area contributed by atoms with Crippen molar-refractivity contribution in [1.82, 2.24) is 10.2 Å². The van der Waals surface area contributed by atoms with Gasteiger partial charge in [0, 0.05) is 26.2 Å². The first-order valence-corrected chi connectivity index (χ1v) is 8.30. The summed E-state index contributed by atoms with van der Waals surface area (Å²) in [7, 11) is 0. The molecule has 1 saturated heterocycles. The van der Waals surface area contributed by atoms with E-state index in [0.29, 0.717) is 37.7 Å². The lowest BCUT2D eigenvalue weighted by atomic mass is 10.1. The third-order valence-corrected chi connectivity index (χ3v) is 3.78. The lowest BCUT2D eigenvalue weighted by molar-refractivity contribution is -0.117. The number of morpholine rings is 1. The van der Waals surface area contributed by atoms with Crippen LogP contribution in [0.2, 0.25) is 0 Å². The number of hydrogen-bond acceptors (Lipinski definition) is 6. The van der Waals surface area contributed by atoms with Gasteiger partial charge in [-0.3, -0.25) is 9.69 Å². The van der Waals surface area contributed by atoms with E-state index in [2.05, 4.69) is 10.2 Å². The smallest absolute Gasteiger partial charge is 0.261 e. The van der Waals surface area contributed by atoms with Crippen molar-refractivity contribution in [2.75, 3.05) is 46.0 Å². The van der Waals surface area contributed by atoms with Crippen molar-refractivity contribution < 1.29 is 19.4 Å². The number of aromatic hydroxyl groups is 1. The van der Waals surface area contributed by atoms with Gasteiger partial charge < -0.3 is 19.9 Å². The molecule has 7 nitrogen and oxygen atoms in total. The number of carbonyl (C=O) groups excluding carboxylic acids is 1. The van der Waals surface area contributed by atoms with Crippen LogP contribution in [0, 0.1) is 11.3 Å². The van der Waals surface area contributed by atoms with Gasteiger partial charge in [0.1, 0.15) is 11.6 Å². The summed E-state index contributed by atoms with van der Waals surface area (Å²) in [4.78, 5) is 14.4. The second-order valence-electron chi connectivity index (χ2n) is 5.54. The molecule has 1 aromatic carbocycles. The number of phenolic OH excluding ortho intramolecular Hbond substituents is 1. The number of phenols is 1. The second-order valence-corrected chi connectivity index (χ2v) is 5.54. The van der Waals surface area contributed by atoms with Crippen molar-refractivity contribution in [1.29, 1.82) is 5.26 Å². The Morgan fingerprint density at radius 2 is 2.24 bits per heavy atom. The number of nitrogens with zero attached hydrogens (tertiary/aromatic N) is 2. The van der Waals surface area contributed by atoms with E-state index < -0.39 is 5.91 Å². The van der Waals surface area contributed by atoms with E-state index in [4.69, 9.17) is 9.47 Å². The normalized spacial score (nSPS) is 15.4. The van der Waals surface area contributed by atoms with E-state index in [1.807, 2.05) is 13.0 Å². The monoisotopic (exact) mass is 345 g/mol. The summed E-state index contributed by atoms with van der Waals surface area (Å²) in [6.45, 7) is 6.53. The first-order chi connectivity index (χ1) is 12.1. The zero-order valence-corrected chi connectivity index (χ0v) is 14.3. The maximum atomic E-state index is 12.2. The van der Waals surface area contributed by atoms with Gasteiger partial charge in [0.2, 0.25) is 0 Å². The molecule has 7 heteroatoms. The number of nitrogens with one attached hydrogen (secondary N) is 1. The standard InChI is InChI=1S/C18H23N3O4/c1-2-25-17-12-14(3-4-16(17)22)11-15(13-19)18(23)20-5-6-21-7-9-24-10-8-21/h3-4,11-12,22H,2,5-10H2,1H3,(H,20,23)/b15-11-. The number of nitriles is 1. The molecule has 0 radical (unpaired) electrons. The Hall–Kier alpha value is -2.56. The van der Waals surface area contributed by atoms with Gasteiger partial charge in [-0.1, -0.05) is 6.07 Å². The Morgan fingerprint density at radius 1 is 1.48 bits per heavy atom. The molecule has 2 rings (SSSR count). The number of amides is 1. The SMILES string of the molecule is CCOc1cc(/C=C(/C#N)C(=O)NCCN2CCOCC2)ccc1O. The van der Waals surface area contributed by atoms with Gasteiger partial charge >= 0.3 is 0 Å². The summed E-state index contributed by atoms with van der Waals surface area (Å²) in [5, 5.41) is 21.7. The Morgan fingerprint density at radius 3 is 2.92 bits per heavy atom. The van der Waals surface area contributed by atoms with Gasteiger partial charge in [0.25, 0.3) is 5.91 Å². The van der Waals surface area contributed by atoms with Crippen molar-refractivity contribution in [3.05, 3.63) is 29.3 Å². The molecule has 1 amide bonds. The summed E-state index contributed by atoms with van der Waals surface area (Å²) in [5.74, 6) is -0.0736. The molecule has 1 fully saturated rings. The highest BCUT2D eigenvalue weighted by atomic mass is 16.5. The molecule has 0 spiro atoms. The number of hydrogen-bond donors (Lipinski definition) is 2. The first-order valence-electron chi connectivity index (χ1n) is 8.30. The minimum Gasteiger partial charge on any atom is -0.504 e. The number of ether oxygens (including phenoxy) is 2. The van der Waals surface area contributed by atoms with Crippen molar-refractivity contribution in [3.63, 3.8) is 0 Å². The Balaban J connectivity index is 1.95. The molecule has 0 atom stereocenters. The highest BCUT2D eigenvalue weighted by molar-refractivity contribution is 6.01. The van der Waals surface area contributed by atoms with Crippen LogP contribution in [0.3, 0.4) is 0 Å². The molecule has 1 aliphatic rings. The van der Waals surface area contributed by atoms with Crippen LogP contribution in [0.1, 0.15) is 12.5 Å².